The van der Waals surface area contributed by atoms with Gasteiger partial charge in [0.2, 0.25) is 0 Å². The summed E-state index contributed by atoms with van der Waals surface area (Å²) in [5.74, 6) is 0. The zero-order valence-corrected chi connectivity index (χ0v) is 9.27. The summed E-state index contributed by atoms with van der Waals surface area (Å²) >= 11 is 0. The molecule has 0 saturated heterocycles. The van der Waals surface area contributed by atoms with Crippen LogP contribution in [0.15, 0.2) is 0 Å². The molecule has 3 N–H and O–H groups in total. The molecule has 0 atom stereocenters. The van der Waals surface area contributed by atoms with Crippen LogP contribution in [0, 0.1) is 0 Å². The van der Waals surface area contributed by atoms with Gasteiger partial charge in [0.05, 0.1) is 0 Å². The van der Waals surface area contributed by atoms with E-state index in [2.05, 4.69) is 0 Å². The maximum Gasteiger partial charge on any atom is 0.322 e. The van der Waals surface area contributed by atoms with Crippen LogP contribution in [0.4, 0.5) is 0 Å². The molecule has 0 spiro atoms. The Labute approximate surface area is 83.1 Å². The molecule has 0 aromatic carbocycles. The van der Waals surface area contributed by atoms with Crippen molar-refractivity contribution in [3.05, 3.63) is 0 Å². The molecular formula is CH4O9S4. The summed E-state index contributed by atoms with van der Waals surface area (Å²) < 4.78 is 82.7. The Morgan fingerprint density at radius 2 is 1.07 bits per heavy atom. The predicted octanol–water partition coefficient (Wildman–Crippen LogP) is -1.42. The molecule has 0 heterocycles. The summed E-state index contributed by atoms with van der Waals surface area (Å²) in [6.07, 6.45) is 0. The minimum atomic E-state index is -5.37. The van der Waals surface area contributed by atoms with Crippen molar-refractivity contribution < 1.29 is 38.9 Å². The zero-order valence-electron chi connectivity index (χ0n) is 6.00. The molecule has 0 aromatic heterocycles. The first-order valence-electron chi connectivity index (χ1n) is 2.42. The number of hydrogen-bond acceptors (Lipinski definition) is 7. The van der Waals surface area contributed by atoms with E-state index in [4.69, 9.17) is 13.7 Å². The second kappa shape index (κ2) is 3.92. The van der Waals surface area contributed by atoms with Crippen molar-refractivity contribution in [2.75, 3.05) is 0 Å². The van der Waals surface area contributed by atoms with Crippen LogP contribution in [-0.4, -0.2) is 42.8 Å². The molecule has 0 saturated carbocycles. The standard InChI is InChI=1S/CH4O9S4/c2-12(3,4)1(13(5,6)7)11-14(8,9)10/h1H,(H,2,3,4)(H,5,6,7)(H,8,9,10). The molecule has 0 aromatic rings. The molecule has 0 amide bonds. The Kier molecular flexibility index (Phi) is 3.94. The van der Waals surface area contributed by atoms with Gasteiger partial charge in [-0.15, -0.1) is 0 Å². The van der Waals surface area contributed by atoms with Gasteiger partial charge in [0.15, 0.2) is 0 Å². The summed E-state index contributed by atoms with van der Waals surface area (Å²) in [6, 6.07) is 0. The van der Waals surface area contributed by atoms with Gasteiger partial charge < -0.3 is 0 Å². The lowest BCUT2D eigenvalue weighted by atomic mass is 11.9. The van der Waals surface area contributed by atoms with Gasteiger partial charge in [-0.2, -0.15) is 25.3 Å². The van der Waals surface area contributed by atoms with Gasteiger partial charge in [-0.05, 0) is 0 Å². The minimum absolute atomic E-state index is 1.03. The van der Waals surface area contributed by atoms with E-state index in [-0.39, 0.29) is 0 Å². The molecule has 13 heteroatoms. The highest BCUT2D eigenvalue weighted by molar-refractivity contribution is 8.73. The third-order valence-corrected chi connectivity index (χ3v) is 7.59. The van der Waals surface area contributed by atoms with Crippen LogP contribution in [0.25, 0.3) is 0 Å². The zero-order chi connectivity index (χ0) is 11.8. The van der Waals surface area contributed by atoms with Crippen LogP contribution in [-0.2, 0) is 29.4 Å². The smallest absolute Gasteiger partial charge is 0.284 e. The van der Waals surface area contributed by atoms with Crippen molar-refractivity contribution in [3.8, 4) is 0 Å². The summed E-state index contributed by atoms with van der Waals surface area (Å²) in [7, 11) is -16.8. The van der Waals surface area contributed by atoms with Gasteiger partial charge in [-0.25, -0.2) is 0 Å². The third-order valence-electron chi connectivity index (χ3n) is 0.687. The molecule has 0 rings (SSSR count). The molecular weight excluding hydrogens is 284 g/mol. The first kappa shape index (κ1) is 14.1. The van der Waals surface area contributed by atoms with E-state index < -0.39 is 44.1 Å². The maximum atomic E-state index is 10.3. The van der Waals surface area contributed by atoms with Crippen molar-refractivity contribution in [2.45, 2.75) is 3.91 Å². The van der Waals surface area contributed by atoms with Crippen LogP contribution >= 0.6 is 10.8 Å². The van der Waals surface area contributed by atoms with E-state index in [0.717, 1.165) is 0 Å². The number of rotatable bonds is 4. The Morgan fingerprint density at radius 3 is 1.14 bits per heavy atom. The lowest BCUT2D eigenvalue weighted by Crippen LogP contribution is -2.27. The van der Waals surface area contributed by atoms with Gasteiger partial charge in [-0.3, -0.25) is 13.7 Å². The third kappa shape index (κ3) is 5.08. The highest BCUT2D eigenvalue weighted by atomic mass is 33.2. The average Bonchev–Trinajstić information content (AvgIpc) is 1.75. The van der Waals surface area contributed by atoms with E-state index in [1.165, 1.54) is 0 Å². The molecule has 0 aliphatic rings. The van der Waals surface area contributed by atoms with Crippen molar-refractivity contribution in [1.29, 1.82) is 0 Å². The highest BCUT2D eigenvalue weighted by Crippen LogP contribution is 2.25. The van der Waals surface area contributed by atoms with Crippen molar-refractivity contribution in [2.24, 2.45) is 0 Å². The Balaban J connectivity index is 5.41. The molecule has 0 aliphatic heterocycles. The van der Waals surface area contributed by atoms with Gasteiger partial charge >= 0.3 is 9.15 Å². The molecule has 86 valence electrons. The molecule has 0 unspecified atom stereocenters. The second-order valence-corrected chi connectivity index (χ2v) is 9.10. The average molecular weight is 288 g/mol. The van der Waals surface area contributed by atoms with E-state index in [1.54, 1.807) is 0 Å². The Morgan fingerprint density at radius 1 is 0.786 bits per heavy atom. The van der Waals surface area contributed by atoms with Crippen LogP contribution in [0.3, 0.4) is 0 Å². The van der Waals surface area contributed by atoms with Crippen LogP contribution in [0.5, 0.6) is 0 Å². The van der Waals surface area contributed by atoms with E-state index in [1.807, 2.05) is 0 Å². The molecule has 0 aliphatic carbocycles. The van der Waals surface area contributed by atoms with E-state index in [9.17, 15) is 25.3 Å². The topological polar surface area (TPSA) is 163 Å². The predicted molar refractivity (Wildman–Crippen MR) is 46.0 cm³/mol. The molecule has 14 heavy (non-hydrogen) atoms. The molecule has 0 radical (unpaired) electrons. The Bertz CT molecular complexity index is 457. The summed E-state index contributed by atoms with van der Waals surface area (Å²) in [5.41, 5.74) is 0. The van der Waals surface area contributed by atoms with Gasteiger partial charge in [0.1, 0.15) is 0 Å². The summed E-state index contributed by atoms with van der Waals surface area (Å²) in [4.78, 5) is 0. The quantitative estimate of drug-likeness (QED) is 0.413. The Hall–Kier alpha value is 0.0800. The fraction of sp³-hybridized carbons (Fsp3) is 1.00. The number of hydrogen-bond donors (Lipinski definition) is 3. The van der Waals surface area contributed by atoms with Gasteiger partial charge in [0.25, 0.3) is 24.2 Å². The van der Waals surface area contributed by atoms with E-state index in [0.29, 0.717) is 0 Å². The SMILES string of the molecule is O=S(=O)(O)SC(S(=O)(=O)O)S(=O)(=O)O. The normalized spacial score (nSPS) is 14.6. The van der Waals surface area contributed by atoms with Crippen LogP contribution in [0.1, 0.15) is 0 Å². The maximum absolute atomic E-state index is 10.3. The molecule has 9 nitrogen and oxygen atoms in total. The first-order chi connectivity index (χ1) is 5.84. The molecule has 0 fully saturated rings. The van der Waals surface area contributed by atoms with Crippen molar-refractivity contribution in [1.82, 2.24) is 0 Å². The van der Waals surface area contributed by atoms with Gasteiger partial charge in [0, 0.05) is 10.8 Å². The highest BCUT2D eigenvalue weighted by Gasteiger charge is 2.40. The molecule has 0 bridgehead atoms. The minimum Gasteiger partial charge on any atom is -0.284 e. The first-order valence-corrected chi connectivity index (χ1v) is 8.26. The van der Waals surface area contributed by atoms with E-state index >= 15 is 0 Å². The fourth-order valence-corrected chi connectivity index (χ4v) is 6.74. The van der Waals surface area contributed by atoms with Gasteiger partial charge in [-0.1, -0.05) is 0 Å². The van der Waals surface area contributed by atoms with Crippen molar-refractivity contribution in [3.63, 3.8) is 0 Å². The summed E-state index contributed by atoms with van der Waals surface area (Å²) in [5, 5.41) is 0. The second-order valence-electron chi connectivity index (χ2n) is 1.84. The fourth-order valence-electron chi connectivity index (χ4n) is 0.352. The largest absolute Gasteiger partial charge is 0.322 e. The lowest BCUT2D eigenvalue weighted by molar-refractivity contribution is 0.466. The monoisotopic (exact) mass is 288 g/mol. The van der Waals surface area contributed by atoms with Crippen LogP contribution < -0.4 is 0 Å². The van der Waals surface area contributed by atoms with Crippen molar-refractivity contribution >= 4 is 40.2 Å². The summed E-state index contributed by atoms with van der Waals surface area (Å²) in [6.45, 7) is 0. The van der Waals surface area contributed by atoms with Crippen LogP contribution in [0.2, 0.25) is 0 Å². The lowest BCUT2D eigenvalue weighted by Gasteiger charge is -2.06.